The van der Waals surface area contributed by atoms with Crippen LogP contribution in [0.25, 0.3) is 0 Å². The number of hydrogen-bond donors (Lipinski definition) is 2. The lowest BCUT2D eigenvalue weighted by Gasteiger charge is -2.23. The van der Waals surface area contributed by atoms with Gasteiger partial charge in [-0.3, -0.25) is 4.79 Å². The first kappa shape index (κ1) is 13.2. The van der Waals surface area contributed by atoms with Crippen LogP contribution in [0.1, 0.15) is 32.3 Å². The van der Waals surface area contributed by atoms with Crippen LogP contribution >= 0.6 is 12.6 Å². The van der Waals surface area contributed by atoms with E-state index in [-0.39, 0.29) is 16.6 Å². The highest BCUT2D eigenvalue weighted by molar-refractivity contribution is 7.80. The Morgan fingerprint density at radius 1 is 1.44 bits per heavy atom. The van der Waals surface area contributed by atoms with Crippen molar-refractivity contribution < 1.29 is 9.52 Å². The Morgan fingerprint density at radius 2 is 2.12 bits per heavy atom. The van der Waals surface area contributed by atoms with Crippen LogP contribution in [-0.4, -0.2) is 10.9 Å². The van der Waals surface area contributed by atoms with Crippen molar-refractivity contribution in [2.24, 2.45) is 5.41 Å². The van der Waals surface area contributed by atoms with Gasteiger partial charge < -0.3 is 9.52 Å². The van der Waals surface area contributed by atoms with Gasteiger partial charge in [0.05, 0.1) is 6.26 Å². The maximum absolute atomic E-state index is 11.6. The second-order valence-electron chi connectivity index (χ2n) is 4.78. The van der Waals surface area contributed by atoms with E-state index in [9.17, 15) is 9.90 Å². The lowest BCUT2D eigenvalue weighted by molar-refractivity contribution is 0.323. The van der Waals surface area contributed by atoms with Gasteiger partial charge >= 0.3 is 0 Å². The maximum atomic E-state index is 11.6. The number of thiol groups is 1. The average molecular weight is 242 g/mol. The molecule has 1 aromatic heterocycles. The smallest absolute Gasteiger partial charge is 0.229 e. The SMILES string of the molecule is CC(C)(CCCS)Cc1cocc(O)c1=O. The van der Waals surface area contributed by atoms with Crippen LogP contribution in [-0.2, 0) is 6.42 Å². The van der Waals surface area contributed by atoms with Crippen LogP contribution in [0.15, 0.2) is 21.7 Å². The van der Waals surface area contributed by atoms with Gasteiger partial charge in [0.1, 0.15) is 6.26 Å². The fourth-order valence-corrected chi connectivity index (χ4v) is 1.89. The Kier molecular flexibility index (Phi) is 4.47. The molecule has 0 aliphatic rings. The van der Waals surface area contributed by atoms with Crippen LogP contribution in [0.3, 0.4) is 0 Å². The summed E-state index contributed by atoms with van der Waals surface area (Å²) in [5, 5.41) is 9.25. The first-order valence-electron chi connectivity index (χ1n) is 5.35. The summed E-state index contributed by atoms with van der Waals surface area (Å²) in [5.41, 5.74) is 0.222. The molecule has 16 heavy (non-hydrogen) atoms. The Bertz CT molecular complexity index is 395. The third-order valence-electron chi connectivity index (χ3n) is 2.59. The molecule has 1 heterocycles. The van der Waals surface area contributed by atoms with Crippen LogP contribution in [0.5, 0.6) is 5.75 Å². The molecule has 0 aliphatic heterocycles. The summed E-state index contributed by atoms with van der Waals surface area (Å²) < 4.78 is 4.91. The summed E-state index contributed by atoms with van der Waals surface area (Å²) >= 11 is 4.18. The molecule has 0 fully saturated rings. The van der Waals surface area contributed by atoms with Crippen molar-refractivity contribution in [1.29, 1.82) is 0 Å². The van der Waals surface area contributed by atoms with Crippen molar-refractivity contribution in [2.75, 3.05) is 5.75 Å². The molecule has 1 aromatic rings. The van der Waals surface area contributed by atoms with E-state index in [0.717, 1.165) is 24.9 Å². The molecule has 4 heteroatoms. The summed E-state index contributed by atoms with van der Waals surface area (Å²) in [4.78, 5) is 11.6. The molecule has 0 spiro atoms. The van der Waals surface area contributed by atoms with E-state index in [1.165, 1.54) is 6.26 Å². The molecule has 3 nitrogen and oxygen atoms in total. The van der Waals surface area contributed by atoms with Crippen LogP contribution in [0, 0.1) is 5.41 Å². The highest BCUT2D eigenvalue weighted by Crippen LogP contribution is 2.26. The van der Waals surface area contributed by atoms with E-state index >= 15 is 0 Å². The van der Waals surface area contributed by atoms with Crippen molar-refractivity contribution >= 4 is 12.6 Å². The fourth-order valence-electron chi connectivity index (χ4n) is 1.74. The van der Waals surface area contributed by atoms with Gasteiger partial charge in [0.2, 0.25) is 5.43 Å². The molecular formula is C12H18O3S. The van der Waals surface area contributed by atoms with Crippen molar-refractivity contribution in [2.45, 2.75) is 33.1 Å². The summed E-state index contributed by atoms with van der Waals surface area (Å²) in [6.07, 6.45) is 5.10. The van der Waals surface area contributed by atoms with Crippen molar-refractivity contribution in [3.8, 4) is 5.75 Å². The van der Waals surface area contributed by atoms with Crippen molar-refractivity contribution in [1.82, 2.24) is 0 Å². The molecule has 0 saturated carbocycles. The van der Waals surface area contributed by atoms with Gasteiger partial charge in [-0.15, -0.1) is 0 Å². The predicted molar refractivity (Wildman–Crippen MR) is 67.2 cm³/mol. The minimum absolute atomic E-state index is 0.0191. The third-order valence-corrected chi connectivity index (χ3v) is 2.91. The molecule has 0 unspecified atom stereocenters. The molecule has 1 N–H and O–H groups in total. The second-order valence-corrected chi connectivity index (χ2v) is 5.23. The van der Waals surface area contributed by atoms with E-state index in [0.29, 0.717) is 12.0 Å². The first-order valence-corrected chi connectivity index (χ1v) is 5.99. The molecule has 0 aliphatic carbocycles. The first-order chi connectivity index (χ1) is 7.46. The van der Waals surface area contributed by atoms with E-state index in [2.05, 4.69) is 26.5 Å². The minimum atomic E-state index is -0.329. The topological polar surface area (TPSA) is 50.4 Å². The van der Waals surface area contributed by atoms with Gasteiger partial charge in [-0.05, 0) is 30.4 Å². The Morgan fingerprint density at radius 3 is 2.75 bits per heavy atom. The molecule has 0 aromatic carbocycles. The van der Waals surface area contributed by atoms with Crippen LogP contribution < -0.4 is 5.43 Å². The van der Waals surface area contributed by atoms with Gasteiger partial charge in [0, 0.05) is 5.56 Å². The summed E-state index contributed by atoms with van der Waals surface area (Å²) in [6.45, 7) is 4.19. The van der Waals surface area contributed by atoms with Gasteiger partial charge in [0.25, 0.3) is 0 Å². The molecule has 0 atom stereocenters. The zero-order valence-corrected chi connectivity index (χ0v) is 10.6. The Balaban J connectivity index is 2.80. The van der Waals surface area contributed by atoms with Crippen LogP contribution in [0.4, 0.5) is 0 Å². The Labute approximate surface area is 101 Å². The third kappa shape index (κ3) is 3.59. The largest absolute Gasteiger partial charge is 0.502 e. The summed E-state index contributed by atoms with van der Waals surface area (Å²) in [5.74, 6) is 0.528. The number of aromatic hydroxyl groups is 1. The number of rotatable bonds is 5. The van der Waals surface area contributed by atoms with Gasteiger partial charge in [0.15, 0.2) is 5.75 Å². The van der Waals surface area contributed by atoms with E-state index < -0.39 is 0 Å². The standard InChI is InChI=1S/C12H18O3S/c1-12(2,4-3-5-16)6-9-7-15-8-10(13)11(9)14/h7-8,13,16H,3-6H2,1-2H3. The van der Waals surface area contributed by atoms with Gasteiger partial charge in [-0.1, -0.05) is 13.8 Å². The number of hydrogen-bond acceptors (Lipinski definition) is 4. The lowest BCUT2D eigenvalue weighted by Crippen LogP contribution is -2.20. The highest BCUT2D eigenvalue weighted by Gasteiger charge is 2.20. The molecule has 1 rings (SSSR count). The summed E-state index contributed by atoms with van der Waals surface area (Å²) in [6, 6.07) is 0. The molecule has 0 bridgehead atoms. The normalized spacial score (nSPS) is 11.7. The van der Waals surface area contributed by atoms with Crippen molar-refractivity contribution in [3.05, 3.63) is 28.3 Å². The molecule has 0 amide bonds. The average Bonchev–Trinajstić information content (AvgIpc) is 2.22. The van der Waals surface area contributed by atoms with Gasteiger partial charge in [-0.25, -0.2) is 0 Å². The van der Waals surface area contributed by atoms with E-state index in [1.807, 2.05) is 0 Å². The fraction of sp³-hybridized carbons (Fsp3) is 0.583. The maximum Gasteiger partial charge on any atom is 0.229 e. The molecular weight excluding hydrogens is 224 g/mol. The minimum Gasteiger partial charge on any atom is -0.502 e. The zero-order chi connectivity index (χ0) is 12.2. The molecule has 90 valence electrons. The lowest BCUT2D eigenvalue weighted by atomic mass is 9.82. The van der Waals surface area contributed by atoms with E-state index in [1.54, 1.807) is 0 Å². The second kappa shape index (κ2) is 5.43. The zero-order valence-electron chi connectivity index (χ0n) is 9.69. The summed E-state index contributed by atoms with van der Waals surface area (Å²) in [7, 11) is 0. The van der Waals surface area contributed by atoms with Gasteiger partial charge in [-0.2, -0.15) is 12.6 Å². The Hall–Kier alpha value is -0.900. The van der Waals surface area contributed by atoms with E-state index in [4.69, 9.17) is 4.42 Å². The molecule has 0 radical (unpaired) electrons. The monoisotopic (exact) mass is 242 g/mol. The predicted octanol–water partition coefficient (Wildman–Crippen LogP) is 2.62. The molecule has 0 saturated heterocycles. The highest BCUT2D eigenvalue weighted by atomic mass is 32.1. The van der Waals surface area contributed by atoms with Crippen molar-refractivity contribution in [3.63, 3.8) is 0 Å². The quantitative estimate of drug-likeness (QED) is 0.780. The van der Waals surface area contributed by atoms with Crippen LogP contribution in [0.2, 0.25) is 0 Å².